The summed E-state index contributed by atoms with van der Waals surface area (Å²) >= 11 is 0. The lowest BCUT2D eigenvalue weighted by Gasteiger charge is -2.44. The average molecular weight is 517 g/mol. The Morgan fingerprint density at radius 2 is 2.03 bits per heavy atom. The van der Waals surface area contributed by atoms with Crippen LogP contribution in [0, 0.1) is 17.8 Å². The van der Waals surface area contributed by atoms with E-state index < -0.39 is 61.3 Å². The number of likely N-dealkylation sites (tertiary alicyclic amines) is 1. The molecule has 1 N–H and O–H groups in total. The smallest absolute Gasteiger partial charge is 0.406 e. The molecule has 1 unspecified atom stereocenters. The van der Waals surface area contributed by atoms with Crippen molar-refractivity contribution < 1.29 is 36.3 Å². The molecule has 0 spiro atoms. The molecule has 1 aromatic rings. The predicted molar refractivity (Wildman–Crippen MR) is 120 cm³/mol. The van der Waals surface area contributed by atoms with Crippen molar-refractivity contribution in [2.75, 3.05) is 38.1 Å². The zero-order chi connectivity index (χ0) is 26.1. The fourth-order valence-corrected chi connectivity index (χ4v) is 4.53. The highest BCUT2D eigenvalue weighted by atomic mass is 19.4. The third kappa shape index (κ3) is 6.71. The van der Waals surface area contributed by atoms with Crippen LogP contribution in [0.15, 0.2) is 30.5 Å². The summed E-state index contributed by atoms with van der Waals surface area (Å²) in [6, 6.07) is 2.51. The standard InChI is InChI=1S/C24H29F5N4O3/c1-15(22(35)31-20-6-5-18(10-30-20)36-13-16-2-3-16)32-9-8-23(25,26)19(12-32)17-4-7-21(34)33(11-17)14-24(27,28)29/h4-7,10,15-17,19H,2-3,8-9,11-14H2,1H3,(H,30,31,35)/t15-,17?,19+/m0/s1. The third-order valence-corrected chi connectivity index (χ3v) is 6.92. The quantitative estimate of drug-likeness (QED) is 0.533. The van der Waals surface area contributed by atoms with E-state index in [2.05, 4.69) is 10.3 Å². The van der Waals surface area contributed by atoms with Gasteiger partial charge in [0.25, 0.3) is 5.92 Å². The van der Waals surface area contributed by atoms with Gasteiger partial charge in [-0.05, 0) is 43.9 Å². The highest BCUT2D eigenvalue weighted by Crippen LogP contribution is 2.40. The number of rotatable bonds is 8. The molecule has 2 amide bonds. The zero-order valence-corrected chi connectivity index (χ0v) is 19.8. The van der Waals surface area contributed by atoms with Crippen molar-refractivity contribution in [1.82, 2.24) is 14.8 Å². The Morgan fingerprint density at radius 1 is 1.28 bits per heavy atom. The van der Waals surface area contributed by atoms with Crippen LogP contribution in [0.1, 0.15) is 26.2 Å². The molecular weight excluding hydrogens is 487 g/mol. The van der Waals surface area contributed by atoms with Gasteiger partial charge in [-0.2, -0.15) is 13.2 Å². The van der Waals surface area contributed by atoms with Gasteiger partial charge in [0.2, 0.25) is 11.8 Å². The molecule has 1 saturated heterocycles. The van der Waals surface area contributed by atoms with Crippen molar-refractivity contribution in [3.8, 4) is 5.75 Å². The van der Waals surface area contributed by atoms with Crippen molar-refractivity contribution in [3.63, 3.8) is 0 Å². The monoisotopic (exact) mass is 516 g/mol. The fourth-order valence-electron chi connectivity index (χ4n) is 4.53. The Bertz CT molecular complexity index is 981. The van der Waals surface area contributed by atoms with E-state index in [1.165, 1.54) is 12.3 Å². The van der Waals surface area contributed by atoms with Crippen molar-refractivity contribution in [3.05, 3.63) is 30.5 Å². The molecule has 3 heterocycles. The Balaban J connectivity index is 1.37. The van der Waals surface area contributed by atoms with Crippen LogP contribution in [-0.4, -0.2) is 77.5 Å². The second kappa shape index (κ2) is 10.3. The number of hydrogen-bond acceptors (Lipinski definition) is 5. The number of aromatic nitrogens is 1. The number of carbonyl (C=O) groups is 2. The number of halogens is 5. The number of pyridine rings is 1. The molecule has 2 aliphatic heterocycles. The molecule has 0 bridgehead atoms. The lowest BCUT2D eigenvalue weighted by Crippen LogP contribution is -2.56. The summed E-state index contributed by atoms with van der Waals surface area (Å²) in [5.41, 5.74) is 0. The fraction of sp³-hybridized carbons (Fsp3) is 0.625. The molecule has 3 aliphatic rings. The minimum Gasteiger partial charge on any atom is -0.492 e. The van der Waals surface area contributed by atoms with Crippen LogP contribution in [0.3, 0.4) is 0 Å². The number of carbonyl (C=O) groups excluding carboxylic acids is 2. The number of piperidine rings is 1. The molecule has 3 atom stereocenters. The third-order valence-electron chi connectivity index (χ3n) is 6.92. The molecule has 1 saturated carbocycles. The molecule has 1 aliphatic carbocycles. The summed E-state index contributed by atoms with van der Waals surface area (Å²) in [7, 11) is 0. The molecule has 0 aromatic carbocycles. The SMILES string of the molecule is C[C@@H](C(=O)Nc1ccc(OCC2CC2)cn1)N1CCC(F)(F)[C@@H](C2C=CC(=O)N(CC(F)(F)F)C2)C1. The molecule has 198 valence electrons. The maximum atomic E-state index is 14.8. The Hall–Kier alpha value is -2.76. The van der Waals surface area contributed by atoms with Crippen LogP contribution in [-0.2, 0) is 9.59 Å². The Kier molecular flexibility index (Phi) is 7.53. The molecule has 12 heteroatoms. The largest absolute Gasteiger partial charge is 0.492 e. The van der Waals surface area contributed by atoms with Crippen LogP contribution in [0.5, 0.6) is 5.75 Å². The summed E-state index contributed by atoms with van der Waals surface area (Å²) in [5.74, 6) is -5.29. The van der Waals surface area contributed by atoms with Gasteiger partial charge >= 0.3 is 6.18 Å². The first-order chi connectivity index (χ1) is 16.9. The van der Waals surface area contributed by atoms with Crippen molar-refractivity contribution in [2.24, 2.45) is 17.8 Å². The Labute approximate surface area is 205 Å². The number of nitrogens with zero attached hydrogens (tertiary/aromatic N) is 3. The topological polar surface area (TPSA) is 74.8 Å². The van der Waals surface area contributed by atoms with E-state index in [-0.39, 0.29) is 13.1 Å². The minimum atomic E-state index is -4.63. The van der Waals surface area contributed by atoms with Gasteiger partial charge in [-0.1, -0.05) is 6.08 Å². The van der Waals surface area contributed by atoms with Crippen LogP contribution in [0.25, 0.3) is 0 Å². The first-order valence-corrected chi connectivity index (χ1v) is 12.0. The molecule has 4 rings (SSSR count). The van der Waals surface area contributed by atoms with Crippen LogP contribution >= 0.6 is 0 Å². The van der Waals surface area contributed by atoms with Crippen LogP contribution < -0.4 is 10.1 Å². The van der Waals surface area contributed by atoms with Crippen LogP contribution in [0.2, 0.25) is 0 Å². The molecule has 36 heavy (non-hydrogen) atoms. The first kappa shape index (κ1) is 26.3. The lowest BCUT2D eigenvalue weighted by atomic mass is 9.80. The van der Waals surface area contributed by atoms with Gasteiger partial charge in [-0.3, -0.25) is 14.5 Å². The van der Waals surface area contributed by atoms with E-state index in [1.807, 2.05) is 0 Å². The minimum absolute atomic E-state index is 0.0545. The summed E-state index contributed by atoms with van der Waals surface area (Å²) < 4.78 is 73.8. The van der Waals surface area contributed by atoms with Crippen molar-refractivity contribution in [1.29, 1.82) is 0 Å². The van der Waals surface area contributed by atoms with E-state index in [1.54, 1.807) is 24.0 Å². The summed E-state index contributed by atoms with van der Waals surface area (Å²) in [6.07, 6.45) is 0.831. The number of hydrogen-bond donors (Lipinski definition) is 1. The van der Waals surface area contributed by atoms with Gasteiger partial charge in [0.1, 0.15) is 18.1 Å². The number of amides is 2. The normalized spacial score (nSPS) is 25.5. The highest BCUT2D eigenvalue weighted by molar-refractivity contribution is 5.93. The molecule has 0 radical (unpaired) electrons. The summed E-state index contributed by atoms with van der Waals surface area (Å²) in [6.45, 7) is 0.00324. The molecular formula is C24H29F5N4O3. The summed E-state index contributed by atoms with van der Waals surface area (Å²) in [5, 5.41) is 2.67. The van der Waals surface area contributed by atoms with Gasteiger partial charge in [0.15, 0.2) is 0 Å². The predicted octanol–water partition coefficient (Wildman–Crippen LogP) is 3.73. The molecule has 2 fully saturated rings. The van der Waals surface area contributed by atoms with E-state index in [9.17, 15) is 31.5 Å². The average Bonchev–Trinajstić information content (AvgIpc) is 3.63. The highest BCUT2D eigenvalue weighted by Gasteiger charge is 2.50. The van der Waals surface area contributed by atoms with Gasteiger partial charge in [0, 0.05) is 37.9 Å². The number of anilines is 1. The van der Waals surface area contributed by atoms with Crippen molar-refractivity contribution in [2.45, 2.75) is 44.3 Å². The van der Waals surface area contributed by atoms with Gasteiger partial charge in [-0.25, -0.2) is 13.8 Å². The first-order valence-electron chi connectivity index (χ1n) is 12.0. The van der Waals surface area contributed by atoms with Crippen molar-refractivity contribution >= 4 is 17.6 Å². The lowest BCUT2D eigenvalue weighted by molar-refractivity contribution is -0.165. The number of nitrogens with one attached hydrogen (secondary N) is 1. The molecule has 7 nitrogen and oxygen atoms in total. The maximum Gasteiger partial charge on any atom is 0.406 e. The zero-order valence-electron chi connectivity index (χ0n) is 19.8. The second-order valence-electron chi connectivity index (χ2n) is 9.77. The van der Waals surface area contributed by atoms with Gasteiger partial charge in [0.05, 0.1) is 18.8 Å². The van der Waals surface area contributed by atoms with Gasteiger partial charge < -0.3 is 15.0 Å². The Morgan fingerprint density at radius 3 is 2.67 bits per heavy atom. The van der Waals surface area contributed by atoms with E-state index in [0.717, 1.165) is 18.9 Å². The number of alkyl halides is 5. The maximum absolute atomic E-state index is 14.8. The molecule has 1 aromatic heterocycles. The second-order valence-corrected chi connectivity index (χ2v) is 9.77. The van der Waals surface area contributed by atoms with E-state index in [0.29, 0.717) is 29.0 Å². The van der Waals surface area contributed by atoms with Gasteiger partial charge in [-0.15, -0.1) is 0 Å². The van der Waals surface area contributed by atoms with Crippen LogP contribution in [0.4, 0.5) is 27.8 Å². The number of ether oxygens (including phenoxy) is 1. The summed E-state index contributed by atoms with van der Waals surface area (Å²) in [4.78, 5) is 31.0. The van der Waals surface area contributed by atoms with E-state index in [4.69, 9.17) is 4.74 Å². The van der Waals surface area contributed by atoms with E-state index >= 15 is 0 Å².